The number of nitrogens with zero attached hydrogens (tertiary/aromatic N) is 2. The summed E-state index contributed by atoms with van der Waals surface area (Å²) in [5, 5.41) is 0. The molecule has 0 bridgehead atoms. The Labute approximate surface area is 203 Å². The van der Waals surface area contributed by atoms with E-state index in [-0.39, 0.29) is 30.7 Å². The monoisotopic (exact) mass is 471 g/mol. The highest BCUT2D eigenvalue weighted by Gasteiger charge is 2.28. The first kappa shape index (κ1) is 27.6. The van der Waals surface area contributed by atoms with Gasteiger partial charge in [0.2, 0.25) is 0 Å². The smallest absolute Gasteiger partial charge is 0.351 e. The molecule has 0 saturated carbocycles. The van der Waals surface area contributed by atoms with Crippen molar-refractivity contribution >= 4 is 11.8 Å². The number of hydrogen-bond donors (Lipinski definition) is 1. The maximum Gasteiger partial charge on any atom is 0.351 e. The highest BCUT2D eigenvalue weighted by molar-refractivity contribution is 5.69. The molecule has 0 radical (unpaired) electrons. The molecule has 0 amide bonds. The maximum absolute atomic E-state index is 12.0. The first-order valence-corrected chi connectivity index (χ1v) is 12.7. The zero-order valence-corrected chi connectivity index (χ0v) is 20.6. The molecule has 1 fully saturated rings. The first-order chi connectivity index (χ1) is 16.6. The van der Waals surface area contributed by atoms with Gasteiger partial charge in [0, 0.05) is 12.6 Å². The van der Waals surface area contributed by atoms with Gasteiger partial charge in [-0.3, -0.25) is 9.36 Å². The number of nitrogen functional groups attached to an aromatic ring is 1. The predicted octanol–water partition coefficient (Wildman–Crippen LogP) is 5.64. The lowest BCUT2D eigenvalue weighted by atomic mass is 10.1. The van der Waals surface area contributed by atoms with Crippen LogP contribution in [0.4, 0.5) is 5.82 Å². The second kappa shape index (κ2) is 16.9. The van der Waals surface area contributed by atoms with E-state index < -0.39 is 5.69 Å². The van der Waals surface area contributed by atoms with Crippen LogP contribution in [0, 0.1) is 0 Å². The molecule has 1 saturated heterocycles. The minimum absolute atomic E-state index is 0.181. The van der Waals surface area contributed by atoms with E-state index in [1.807, 2.05) is 0 Å². The van der Waals surface area contributed by atoms with E-state index in [1.165, 1.54) is 17.4 Å². The Morgan fingerprint density at radius 3 is 2.56 bits per heavy atom. The van der Waals surface area contributed by atoms with E-state index in [1.54, 1.807) is 12.3 Å². The zero-order chi connectivity index (χ0) is 24.4. The number of aromatic nitrogens is 2. The standard InChI is InChI=1S/C27H41N3O4/c1-2-3-4-5-6-7-8-9-10-11-12-13-14-15-16-17-26(31)33-22-23-18-19-25(34-23)30-21-20-24(28)29-27(30)32/h3-4,6-7,9-10,20-21,23,25H,2,5,8,11-19,22H2,1H3,(H2,28,29,32). The third-order valence-corrected chi connectivity index (χ3v) is 5.71. The topological polar surface area (TPSA) is 96.4 Å². The molecule has 0 aliphatic carbocycles. The van der Waals surface area contributed by atoms with E-state index in [0.29, 0.717) is 12.8 Å². The molecule has 2 N–H and O–H groups in total. The summed E-state index contributed by atoms with van der Waals surface area (Å²) < 4.78 is 12.6. The fraction of sp³-hybridized carbons (Fsp3) is 0.593. The van der Waals surface area contributed by atoms with Gasteiger partial charge in [0.05, 0.1) is 6.10 Å². The van der Waals surface area contributed by atoms with Crippen molar-refractivity contribution < 1.29 is 14.3 Å². The van der Waals surface area contributed by atoms with Crippen LogP contribution < -0.4 is 11.4 Å². The lowest BCUT2D eigenvalue weighted by Gasteiger charge is -2.15. The Morgan fingerprint density at radius 2 is 1.79 bits per heavy atom. The van der Waals surface area contributed by atoms with Crippen molar-refractivity contribution in [1.82, 2.24) is 9.55 Å². The third-order valence-electron chi connectivity index (χ3n) is 5.71. The van der Waals surface area contributed by atoms with Crippen LogP contribution in [-0.4, -0.2) is 28.2 Å². The minimum Gasteiger partial charge on any atom is -0.463 e. The molecule has 0 aromatic carbocycles. The molecule has 1 aliphatic heterocycles. The number of nitrogens with two attached hydrogens (primary N) is 1. The number of carbonyl (C=O) groups is 1. The van der Waals surface area contributed by atoms with Crippen LogP contribution in [0.1, 0.15) is 90.2 Å². The summed E-state index contributed by atoms with van der Waals surface area (Å²) in [5.74, 6) is 0.00997. The van der Waals surface area contributed by atoms with Crippen molar-refractivity contribution in [2.24, 2.45) is 0 Å². The Kier molecular flexibility index (Phi) is 13.7. The molecule has 2 atom stereocenters. The van der Waals surface area contributed by atoms with E-state index in [2.05, 4.69) is 48.4 Å². The van der Waals surface area contributed by atoms with Gasteiger partial charge in [0.1, 0.15) is 18.7 Å². The Morgan fingerprint density at radius 1 is 1.09 bits per heavy atom. The summed E-state index contributed by atoms with van der Waals surface area (Å²) in [6.45, 7) is 2.37. The normalized spacial score (nSPS) is 18.5. The van der Waals surface area contributed by atoms with Crippen molar-refractivity contribution in [3.63, 3.8) is 0 Å². The van der Waals surface area contributed by atoms with Crippen LogP contribution in [0.2, 0.25) is 0 Å². The van der Waals surface area contributed by atoms with E-state index in [0.717, 1.165) is 51.4 Å². The summed E-state index contributed by atoms with van der Waals surface area (Å²) >= 11 is 0. The number of rotatable bonds is 16. The molecule has 1 aromatic rings. The molecule has 7 heteroatoms. The van der Waals surface area contributed by atoms with Crippen LogP contribution in [0.25, 0.3) is 0 Å². The molecular formula is C27H41N3O4. The van der Waals surface area contributed by atoms with Crippen LogP contribution in [0.3, 0.4) is 0 Å². The van der Waals surface area contributed by atoms with Crippen molar-refractivity contribution in [3.8, 4) is 0 Å². The highest BCUT2D eigenvalue weighted by atomic mass is 16.6. The van der Waals surface area contributed by atoms with Crippen LogP contribution >= 0.6 is 0 Å². The van der Waals surface area contributed by atoms with Gasteiger partial charge < -0.3 is 15.2 Å². The molecule has 1 aromatic heterocycles. The number of ether oxygens (including phenoxy) is 2. The second-order valence-electron chi connectivity index (χ2n) is 8.62. The summed E-state index contributed by atoms with van der Waals surface area (Å²) in [6.07, 6.45) is 25.8. The second-order valence-corrected chi connectivity index (χ2v) is 8.62. The van der Waals surface area contributed by atoms with E-state index >= 15 is 0 Å². The molecule has 2 heterocycles. The first-order valence-electron chi connectivity index (χ1n) is 12.7. The van der Waals surface area contributed by atoms with Gasteiger partial charge in [0.15, 0.2) is 0 Å². The molecule has 0 spiro atoms. The number of unbranched alkanes of at least 4 members (excludes halogenated alkanes) is 5. The van der Waals surface area contributed by atoms with Crippen molar-refractivity contribution in [2.75, 3.05) is 12.3 Å². The molecule has 2 unspecified atom stereocenters. The molecule has 188 valence electrons. The molecule has 7 nitrogen and oxygen atoms in total. The maximum atomic E-state index is 12.0. The Balaban J connectivity index is 1.44. The fourth-order valence-electron chi connectivity index (χ4n) is 3.81. The molecular weight excluding hydrogens is 430 g/mol. The van der Waals surface area contributed by atoms with E-state index in [4.69, 9.17) is 15.2 Å². The SMILES string of the molecule is CCC=CCC=CCC=CCCCCCCCC(=O)OCC1CCC(n2ccc(N)nc2=O)O1. The number of allylic oxidation sites excluding steroid dienone is 6. The van der Waals surface area contributed by atoms with Gasteiger partial charge in [-0.25, -0.2) is 4.79 Å². The van der Waals surface area contributed by atoms with Gasteiger partial charge >= 0.3 is 11.7 Å². The van der Waals surface area contributed by atoms with Gasteiger partial charge in [0.25, 0.3) is 0 Å². The van der Waals surface area contributed by atoms with Crippen LogP contribution in [0.15, 0.2) is 53.5 Å². The van der Waals surface area contributed by atoms with Crippen LogP contribution in [0.5, 0.6) is 0 Å². The number of anilines is 1. The molecule has 2 rings (SSSR count). The summed E-state index contributed by atoms with van der Waals surface area (Å²) in [7, 11) is 0. The average Bonchev–Trinajstić information content (AvgIpc) is 3.29. The van der Waals surface area contributed by atoms with Crippen molar-refractivity contribution in [2.45, 2.75) is 96.3 Å². The van der Waals surface area contributed by atoms with Gasteiger partial charge in [-0.05, 0) is 57.4 Å². The Bertz CT molecular complexity index is 860. The van der Waals surface area contributed by atoms with Gasteiger partial charge in [-0.15, -0.1) is 0 Å². The predicted molar refractivity (Wildman–Crippen MR) is 136 cm³/mol. The number of esters is 1. The number of carbonyl (C=O) groups excluding carboxylic acids is 1. The van der Waals surface area contributed by atoms with Gasteiger partial charge in [-0.1, -0.05) is 62.6 Å². The quantitative estimate of drug-likeness (QED) is 0.190. The molecule has 34 heavy (non-hydrogen) atoms. The highest BCUT2D eigenvalue weighted by Crippen LogP contribution is 2.27. The lowest BCUT2D eigenvalue weighted by molar-refractivity contribution is -0.148. The number of hydrogen-bond acceptors (Lipinski definition) is 6. The third kappa shape index (κ3) is 11.5. The Hall–Kier alpha value is -2.67. The fourth-order valence-corrected chi connectivity index (χ4v) is 3.81. The summed E-state index contributed by atoms with van der Waals surface area (Å²) in [4.78, 5) is 27.6. The molecule has 1 aliphatic rings. The van der Waals surface area contributed by atoms with Crippen molar-refractivity contribution in [1.29, 1.82) is 0 Å². The summed E-state index contributed by atoms with van der Waals surface area (Å²) in [5.41, 5.74) is 5.09. The largest absolute Gasteiger partial charge is 0.463 e. The average molecular weight is 472 g/mol. The zero-order valence-electron chi connectivity index (χ0n) is 20.6. The van der Waals surface area contributed by atoms with Crippen molar-refractivity contribution in [3.05, 3.63) is 59.2 Å². The lowest BCUT2D eigenvalue weighted by Crippen LogP contribution is -2.28. The summed E-state index contributed by atoms with van der Waals surface area (Å²) in [6, 6.07) is 1.57. The van der Waals surface area contributed by atoms with Crippen LogP contribution in [-0.2, 0) is 14.3 Å². The van der Waals surface area contributed by atoms with Gasteiger partial charge in [-0.2, -0.15) is 4.98 Å². The van der Waals surface area contributed by atoms with E-state index in [9.17, 15) is 9.59 Å². The minimum atomic E-state index is -0.429.